The zero-order valence-electron chi connectivity index (χ0n) is 7.58. The lowest BCUT2D eigenvalue weighted by Crippen LogP contribution is -2.04. The normalized spacial score (nSPS) is 10.1. The van der Waals surface area contributed by atoms with Gasteiger partial charge in [0.25, 0.3) is 0 Å². The standard InChI is InChI=1S/C10H16O2/c1-3-5-7-9-12-10(11)8-6-4-2/h3-5H,2,6-9H2,1H3/b5-3-. The highest BCUT2D eigenvalue weighted by Crippen LogP contribution is 1.94. The van der Waals surface area contributed by atoms with E-state index in [1.54, 1.807) is 6.08 Å². The number of rotatable bonds is 6. The van der Waals surface area contributed by atoms with Crippen LogP contribution in [0.1, 0.15) is 26.2 Å². The summed E-state index contributed by atoms with van der Waals surface area (Å²) in [6.45, 7) is 5.95. The van der Waals surface area contributed by atoms with Crippen molar-refractivity contribution in [3.8, 4) is 0 Å². The van der Waals surface area contributed by atoms with Crippen molar-refractivity contribution in [2.75, 3.05) is 6.61 Å². The van der Waals surface area contributed by atoms with Crippen LogP contribution in [0.15, 0.2) is 24.8 Å². The number of hydrogen-bond acceptors (Lipinski definition) is 2. The highest BCUT2D eigenvalue weighted by Gasteiger charge is 1.98. The van der Waals surface area contributed by atoms with Gasteiger partial charge in [-0.2, -0.15) is 0 Å². The fraction of sp³-hybridized carbons (Fsp3) is 0.500. The summed E-state index contributed by atoms with van der Waals surface area (Å²) < 4.78 is 4.91. The van der Waals surface area contributed by atoms with E-state index in [-0.39, 0.29) is 5.97 Å². The van der Waals surface area contributed by atoms with Gasteiger partial charge in [-0.1, -0.05) is 18.2 Å². The summed E-state index contributed by atoms with van der Waals surface area (Å²) in [4.78, 5) is 10.9. The molecular formula is C10H16O2. The van der Waals surface area contributed by atoms with Gasteiger partial charge in [0.15, 0.2) is 0 Å². The Morgan fingerprint density at radius 3 is 2.83 bits per heavy atom. The second-order valence-corrected chi connectivity index (χ2v) is 2.41. The van der Waals surface area contributed by atoms with E-state index in [9.17, 15) is 4.79 Å². The predicted molar refractivity (Wildman–Crippen MR) is 49.8 cm³/mol. The SMILES string of the molecule is C=CCCC(=O)OCC/C=C\C. The quantitative estimate of drug-likeness (QED) is 0.346. The molecule has 0 aromatic heterocycles. The molecule has 0 aromatic rings. The van der Waals surface area contributed by atoms with E-state index in [1.807, 2.05) is 19.1 Å². The summed E-state index contributed by atoms with van der Waals surface area (Å²) >= 11 is 0. The number of hydrogen-bond donors (Lipinski definition) is 0. The van der Waals surface area contributed by atoms with E-state index in [0.717, 1.165) is 6.42 Å². The van der Waals surface area contributed by atoms with Crippen LogP contribution in [0.25, 0.3) is 0 Å². The van der Waals surface area contributed by atoms with Crippen LogP contribution < -0.4 is 0 Å². The third-order valence-corrected chi connectivity index (χ3v) is 1.34. The Hall–Kier alpha value is -1.05. The van der Waals surface area contributed by atoms with E-state index in [0.29, 0.717) is 19.4 Å². The average Bonchev–Trinajstić information content (AvgIpc) is 2.09. The minimum atomic E-state index is -0.139. The molecule has 0 amide bonds. The van der Waals surface area contributed by atoms with Crippen LogP contribution in [0, 0.1) is 0 Å². The summed E-state index contributed by atoms with van der Waals surface area (Å²) in [5.41, 5.74) is 0. The first-order chi connectivity index (χ1) is 5.81. The zero-order valence-corrected chi connectivity index (χ0v) is 7.58. The molecule has 0 heterocycles. The number of carbonyl (C=O) groups excluding carboxylic acids is 1. The molecule has 0 rings (SSSR count). The van der Waals surface area contributed by atoms with Crippen molar-refractivity contribution in [1.29, 1.82) is 0 Å². The molecule has 0 aliphatic heterocycles. The maximum Gasteiger partial charge on any atom is 0.306 e. The third-order valence-electron chi connectivity index (χ3n) is 1.34. The number of esters is 1. The van der Waals surface area contributed by atoms with Gasteiger partial charge in [0, 0.05) is 6.42 Å². The van der Waals surface area contributed by atoms with Crippen LogP contribution in [-0.4, -0.2) is 12.6 Å². The van der Waals surface area contributed by atoms with E-state index in [4.69, 9.17) is 4.74 Å². The molecule has 68 valence electrons. The monoisotopic (exact) mass is 168 g/mol. The van der Waals surface area contributed by atoms with Crippen LogP contribution in [0.5, 0.6) is 0 Å². The van der Waals surface area contributed by atoms with Crippen molar-refractivity contribution >= 4 is 5.97 Å². The molecule has 0 aliphatic rings. The molecule has 12 heavy (non-hydrogen) atoms. The van der Waals surface area contributed by atoms with Crippen LogP contribution in [0.3, 0.4) is 0 Å². The van der Waals surface area contributed by atoms with Crippen LogP contribution in [-0.2, 0) is 9.53 Å². The maximum atomic E-state index is 10.9. The Bertz CT molecular complexity index is 159. The molecule has 0 bridgehead atoms. The number of ether oxygens (including phenoxy) is 1. The molecule has 0 atom stereocenters. The summed E-state index contributed by atoms with van der Waals surface area (Å²) in [6, 6.07) is 0. The first kappa shape index (κ1) is 11.0. The van der Waals surface area contributed by atoms with Gasteiger partial charge in [0.05, 0.1) is 6.61 Å². The first-order valence-corrected chi connectivity index (χ1v) is 4.19. The second kappa shape index (κ2) is 8.05. The molecule has 2 heteroatoms. The van der Waals surface area contributed by atoms with Gasteiger partial charge in [0.1, 0.15) is 0 Å². The molecule has 0 aliphatic carbocycles. The fourth-order valence-electron chi connectivity index (χ4n) is 0.700. The van der Waals surface area contributed by atoms with E-state index >= 15 is 0 Å². The molecule has 0 saturated heterocycles. The van der Waals surface area contributed by atoms with Gasteiger partial charge in [-0.05, 0) is 19.8 Å². The van der Waals surface area contributed by atoms with E-state index in [2.05, 4.69) is 6.58 Å². The van der Waals surface area contributed by atoms with Crippen molar-refractivity contribution in [1.82, 2.24) is 0 Å². The fourth-order valence-corrected chi connectivity index (χ4v) is 0.700. The largest absolute Gasteiger partial charge is 0.465 e. The zero-order chi connectivity index (χ0) is 9.23. The van der Waals surface area contributed by atoms with Gasteiger partial charge < -0.3 is 4.74 Å². The molecule has 0 spiro atoms. The number of allylic oxidation sites excluding steroid dienone is 2. The Labute approximate surface area is 73.9 Å². The lowest BCUT2D eigenvalue weighted by molar-refractivity contribution is -0.143. The maximum absolute atomic E-state index is 10.9. The van der Waals surface area contributed by atoms with E-state index < -0.39 is 0 Å². The van der Waals surface area contributed by atoms with Crippen molar-refractivity contribution in [2.45, 2.75) is 26.2 Å². The van der Waals surface area contributed by atoms with Crippen molar-refractivity contribution in [2.24, 2.45) is 0 Å². The molecule has 0 saturated carbocycles. The van der Waals surface area contributed by atoms with Gasteiger partial charge in [-0.3, -0.25) is 4.79 Å². The summed E-state index contributed by atoms with van der Waals surface area (Å²) in [5.74, 6) is -0.139. The van der Waals surface area contributed by atoms with Gasteiger partial charge in [-0.25, -0.2) is 0 Å². The first-order valence-electron chi connectivity index (χ1n) is 4.19. The summed E-state index contributed by atoms with van der Waals surface area (Å²) in [6.07, 6.45) is 7.57. The highest BCUT2D eigenvalue weighted by molar-refractivity contribution is 5.69. The third kappa shape index (κ3) is 7.06. The summed E-state index contributed by atoms with van der Waals surface area (Å²) in [7, 11) is 0. The minimum Gasteiger partial charge on any atom is -0.465 e. The minimum absolute atomic E-state index is 0.139. The van der Waals surface area contributed by atoms with Crippen LogP contribution in [0.2, 0.25) is 0 Å². The molecule has 0 unspecified atom stereocenters. The molecule has 0 aromatic carbocycles. The van der Waals surface area contributed by atoms with Crippen molar-refractivity contribution in [3.63, 3.8) is 0 Å². The lowest BCUT2D eigenvalue weighted by atomic mass is 10.3. The lowest BCUT2D eigenvalue weighted by Gasteiger charge is -2.00. The average molecular weight is 168 g/mol. The summed E-state index contributed by atoms with van der Waals surface area (Å²) in [5, 5.41) is 0. The van der Waals surface area contributed by atoms with Crippen LogP contribution >= 0.6 is 0 Å². The predicted octanol–water partition coefficient (Wildman–Crippen LogP) is 2.46. The smallest absolute Gasteiger partial charge is 0.306 e. The van der Waals surface area contributed by atoms with Crippen molar-refractivity contribution in [3.05, 3.63) is 24.8 Å². The van der Waals surface area contributed by atoms with Gasteiger partial charge in [0.2, 0.25) is 0 Å². The molecular weight excluding hydrogens is 152 g/mol. The van der Waals surface area contributed by atoms with Gasteiger partial charge in [-0.15, -0.1) is 6.58 Å². The Kier molecular flexibility index (Phi) is 7.35. The molecule has 0 N–H and O–H groups in total. The molecule has 2 nitrogen and oxygen atoms in total. The van der Waals surface area contributed by atoms with Gasteiger partial charge >= 0.3 is 5.97 Å². The number of carbonyl (C=O) groups is 1. The van der Waals surface area contributed by atoms with Crippen LogP contribution in [0.4, 0.5) is 0 Å². The van der Waals surface area contributed by atoms with Crippen molar-refractivity contribution < 1.29 is 9.53 Å². The Balaban J connectivity index is 3.25. The molecule has 0 radical (unpaired) electrons. The Morgan fingerprint density at radius 1 is 1.50 bits per heavy atom. The Morgan fingerprint density at radius 2 is 2.25 bits per heavy atom. The molecule has 0 fully saturated rings. The van der Waals surface area contributed by atoms with E-state index in [1.165, 1.54) is 0 Å². The second-order valence-electron chi connectivity index (χ2n) is 2.41. The highest BCUT2D eigenvalue weighted by atomic mass is 16.5. The topological polar surface area (TPSA) is 26.3 Å².